The van der Waals surface area contributed by atoms with E-state index in [0.717, 1.165) is 29.3 Å². The number of aromatic carboxylic acids is 1. The molecule has 1 aliphatic heterocycles. The Labute approximate surface area is 129 Å². The van der Waals surface area contributed by atoms with E-state index in [-0.39, 0.29) is 11.0 Å². The van der Waals surface area contributed by atoms with E-state index in [1.54, 1.807) is 12.3 Å². The number of aromatic nitrogens is 1. The van der Waals surface area contributed by atoms with Crippen LogP contribution in [0.2, 0.25) is 0 Å². The summed E-state index contributed by atoms with van der Waals surface area (Å²) < 4.78 is 2.90. The number of halogens is 1. The van der Waals surface area contributed by atoms with Gasteiger partial charge in [0.15, 0.2) is 0 Å². The van der Waals surface area contributed by atoms with Gasteiger partial charge in [0.05, 0.1) is 5.52 Å². The maximum absolute atomic E-state index is 12.4. The van der Waals surface area contributed by atoms with Crippen molar-refractivity contribution in [1.82, 2.24) is 4.57 Å². The molecule has 0 bridgehead atoms. The highest BCUT2D eigenvalue weighted by molar-refractivity contribution is 9.10. The second-order valence-corrected chi connectivity index (χ2v) is 6.85. The van der Waals surface area contributed by atoms with Gasteiger partial charge < -0.3 is 9.67 Å². The third-order valence-electron chi connectivity index (χ3n) is 4.84. The van der Waals surface area contributed by atoms with Gasteiger partial charge in [0, 0.05) is 28.0 Å². The molecule has 1 aliphatic carbocycles. The topological polar surface area (TPSA) is 59.3 Å². The number of hydrogen-bond acceptors (Lipinski definition) is 2. The first kappa shape index (κ1) is 13.1. The molecule has 4 rings (SSSR count). The third kappa shape index (κ3) is 1.73. The van der Waals surface area contributed by atoms with Gasteiger partial charge >= 0.3 is 5.97 Å². The van der Waals surface area contributed by atoms with E-state index >= 15 is 0 Å². The Hall–Kier alpha value is -1.62. The van der Waals surface area contributed by atoms with Crippen LogP contribution in [0.1, 0.15) is 53.6 Å². The minimum Gasteiger partial charge on any atom is -0.477 e. The van der Waals surface area contributed by atoms with Crippen molar-refractivity contribution in [3.8, 4) is 0 Å². The largest absolute Gasteiger partial charge is 0.477 e. The van der Waals surface area contributed by atoms with Crippen LogP contribution in [-0.2, 0) is 0 Å². The van der Waals surface area contributed by atoms with Crippen molar-refractivity contribution in [2.24, 2.45) is 0 Å². The number of rotatable bonds is 1. The van der Waals surface area contributed by atoms with Crippen molar-refractivity contribution in [3.63, 3.8) is 0 Å². The fourth-order valence-electron chi connectivity index (χ4n) is 3.99. The van der Waals surface area contributed by atoms with Crippen molar-refractivity contribution < 1.29 is 9.90 Å². The molecule has 4 nitrogen and oxygen atoms in total. The van der Waals surface area contributed by atoms with E-state index in [0.29, 0.717) is 17.3 Å². The zero-order chi connectivity index (χ0) is 14.7. The van der Waals surface area contributed by atoms with Gasteiger partial charge in [-0.1, -0.05) is 28.8 Å². The first-order chi connectivity index (χ1) is 10.1. The van der Waals surface area contributed by atoms with Crippen LogP contribution >= 0.6 is 15.9 Å². The lowest BCUT2D eigenvalue weighted by Gasteiger charge is -2.27. The second kappa shape index (κ2) is 4.44. The zero-order valence-corrected chi connectivity index (χ0v) is 12.9. The first-order valence-electron chi connectivity index (χ1n) is 7.19. The van der Waals surface area contributed by atoms with Crippen molar-refractivity contribution >= 4 is 32.8 Å². The molecular weight excluding hydrogens is 334 g/mol. The number of carboxylic acid groups (broad SMARTS) is 1. The molecule has 2 atom stereocenters. The average molecular weight is 348 g/mol. The van der Waals surface area contributed by atoms with E-state index in [9.17, 15) is 14.7 Å². The summed E-state index contributed by atoms with van der Waals surface area (Å²) in [5.74, 6) is -0.742. The molecule has 1 aromatic heterocycles. The van der Waals surface area contributed by atoms with Gasteiger partial charge in [0.1, 0.15) is 5.56 Å². The smallest absolute Gasteiger partial charge is 0.341 e. The number of carboxylic acids is 1. The van der Waals surface area contributed by atoms with Gasteiger partial charge in [0.2, 0.25) is 5.43 Å². The highest BCUT2D eigenvalue weighted by Crippen LogP contribution is 2.49. The number of pyridine rings is 1. The molecular formula is C16H14BrNO3. The SMILES string of the molecule is O=C(O)c1cn2c3c(cc(Br)cc3c1=O)C1CCCCC12. The molecule has 1 fully saturated rings. The molecule has 1 N–H and O–H groups in total. The highest BCUT2D eigenvalue weighted by Gasteiger charge is 2.37. The fourth-order valence-corrected chi connectivity index (χ4v) is 4.47. The summed E-state index contributed by atoms with van der Waals surface area (Å²) >= 11 is 3.46. The van der Waals surface area contributed by atoms with Crippen molar-refractivity contribution in [2.45, 2.75) is 37.6 Å². The predicted octanol–water partition coefficient (Wildman–Crippen LogP) is 3.67. The summed E-state index contributed by atoms with van der Waals surface area (Å²) in [4.78, 5) is 23.8. The maximum atomic E-state index is 12.4. The third-order valence-corrected chi connectivity index (χ3v) is 5.29. The monoisotopic (exact) mass is 347 g/mol. The summed E-state index contributed by atoms with van der Waals surface area (Å²) in [5, 5.41) is 9.82. The number of carbonyl (C=O) groups is 1. The molecule has 2 unspecified atom stereocenters. The Bertz CT molecular complexity index is 840. The van der Waals surface area contributed by atoms with Gasteiger partial charge in [-0.25, -0.2) is 4.79 Å². The van der Waals surface area contributed by atoms with E-state index in [1.165, 1.54) is 12.0 Å². The number of benzene rings is 1. The van der Waals surface area contributed by atoms with Crippen LogP contribution in [0.15, 0.2) is 27.6 Å². The van der Waals surface area contributed by atoms with Gasteiger partial charge in [-0.15, -0.1) is 0 Å². The summed E-state index contributed by atoms with van der Waals surface area (Å²) in [5.41, 5.74) is 1.62. The lowest BCUT2D eigenvalue weighted by Crippen LogP contribution is -2.20. The summed E-state index contributed by atoms with van der Waals surface area (Å²) in [7, 11) is 0. The van der Waals surface area contributed by atoms with E-state index in [1.807, 2.05) is 4.57 Å². The molecule has 108 valence electrons. The Balaban J connectivity index is 2.14. The fraction of sp³-hybridized carbons (Fsp3) is 0.375. The molecule has 1 saturated carbocycles. The first-order valence-corrected chi connectivity index (χ1v) is 7.99. The number of hydrogen-bond donors (Lipinski definition) is 1. The van der Waals surface area contributed by atoms with Crippen LogP contribution < -0.4 is 5.43 Å². The van der Waals surface area contributed by atoms with E-state index < -0.39 is 5.97 Å². The molecule has 0 saturated heterocycles. The van der Waals surface area contributed by atoms with Gasteiger partial charge in [0.25, 0.3) is 0 Å². The summed E-state index contributed by atoms with van der Waals surface area (Å²) in [6.07, 6.45) is 6.06. The van der Waals surface area contributed by atoms with Crippen molar-refractivity contribution in [3.05, 3.63) is 44.2 Å². The molecule has 2 aromatic rings. The van der Waals surface area contributed by atoms with Gasteiger partial charge in [-0.3, -0.25) is 4.79 Å². The highest BCUT2D eigenvalue weighted by atomic mass is 79.9. The van der Waals surface area contributed by atoms with Crippen LogP contribution in [0.25, 0.3) is 10.9 Å². The Morgan fingerprint density at radius 3 is 2.81 bits per heavy atom. The number of nitrogens with zero attached hydrogens (tertiary/aromatic N) is 1. The molecule has 2 aliphatic rings. The van der Waals surface area contributed by atoms with Crippen LogP contribution in [0.3, 0.4) is 0 Å². The van der Waals surface area contributed by atoms with Gasteiger partial charge in [-0.2, -0.15) is 0 Å². The van der Waals surface area contributed by atoms with Crippen LogP contribution in [0.4, 0.5) is 0 Å². The lowest BCUT2D eigenvalue weighted by atomic mass is 9.82. The second-order valence-electron chi connectivity index (χ2n) is 5.93. The molecule has 5 heteroatoms. The van der Waals surface area contributed by atoms with E-state index in [4.69, 9.17) is 0 Å². The average Bonchev–Trinajstić information content (AvgIpc) is 2.77. The normalized spacial score (nSPS) is 23.3. The Morgan fingerprint density at radius 2 is 2.05 bits per heavy atom. The van der Waals surface area contributed by atoms with E-state index in [2.05, 4.69) is 22.0 Å². The molecule has 0 radical (unpaired) electrons. The molecule has 2 heterocycles. The molecule has 0 spiro atoms. The maximum Gasteiger partial charge on any atom is 0.341 e. The van der Waals surface area contributed by atoms with Crippen LogP contribution in [0.5, 0.6) is 0 Å². The van der Waals surface area contributed by atoms with Crippen molar-refractivity contribution in [1.29, 1.82) is 0 Å². The Morgan fingerprint density at radius 1 is 1.29 bits per heavy atom. The Kier molecular flexibility index (Phi) is 2.76. The predicted molar refractivity (Wildman–Crippen MR) is 83.1 cm³/mol. The van der Waals surface area contributed by atoms with Crippen molar-refractivity contribution in [2.75, 3.05) is 0 Å². The minimum absolute atomic E-state index is 0.127. The zero-order valence-electron chi connectivity index (χ0n) is 11.3. The number of fused-ring (bicyclic) bond motifs is 3. The molecule has 21 heavy (non-hydrogen) atoms. The standard InChI is InChI=1S/C16H14BrNO3/c17-8-5-10-9-3-1-2-4-13(9)18-7-12(16(20)21)15(19)11(6-8)14(10)18/h5-7,9,13H,1-4H2,(H,20,21). The van der Waals surface area contributed by atoms with Crippen LogP contribution in [0, 0.1) is 0 Å². The minimum atomic E-state index is -1.15. The van der Waals surface area contributed by atoms with Gasteiger partial charge in [-0.05, 0) is 30.5 Å². The summed E-state index contributed by atoms with van der Waals surface area (Å²) in [6, 6.07) is 4.14. The quantitative estimate of drug-likeness (QED) is 0.855. The van der Waals surface area contributed by atoms with Crippen LogP contribution in [-0.4, -0.2) is 15.6 Å². The summed E-state index contributed by atoms with van der Waals surface area (Å²) in [6.45, 7) is 0. The lowest BCUT2D eigenvalue weighted by molar-refractivity contribution is 0.0694. The molecule has 0 amide bonds. The molecule has 1 aromatic carbocycles.